The molecule has 1 N–H and O–H groups in total. The molecule has 0 amide bonds. The fraction of sp³-hybridized carbons (Fsp3) is 0.385. The molecule has 106 valence electrons. The molecule has 2 aromatic rings. The lowest BCUT2D eigenvalue weighted by Gasteiger charge is -2.04. The first kappa shape index (κ1) is 13.0. The number of para-hydroxylation sites is 1. The zero-order valence-electron chi connectivity index (χ0n) is 10.4. The molecule has 0 fully saturated rings. The highest BCUT2D eigenvalue weighted by atomic mass is 19.3. The molecule has 0 bridgehead atoms. The number of hydrogen-bond acceptors (Lipinski definition) is 5. The summed E-state index contributed by atoms with van der Waals surface area (Å²) in [6, 6.07) is 7.48. The lowest BCUT2D eigenvalue weighted by Crippen LogP contribution is -2.20. The van der Waals surface area contributed by atoms with Crippen LogP contribution in [0.25, 0.3) is 0 Å². The van der Waals surface area contributed by atoms with Gasteiger partial charge >= 0.3 is 0 Å². The Hall–Kier alpha value is -2.02. The highest BCUT2D eigenvalue weighted by Gasteiger charge is 2.30. The number of halogens is 2. The van der Waals surface area contributed by atoms with E-state index in [0.29, 0.717) is 12.4 Å². The van der Waals surface area contributed by atoms with Crippen LogP contribution in [0.2, 0.25) is 0 Å². The molecule has 0 radical (unpaired) electrons. The van der Waals surface area contributed by atoms with Crippen molar-refractivity contribution in [1.82, 2.24) is 10.1 Å². The number of fused-ring (bicyclic) bond motifs is 1. The molecule has 3 rings (SSSR count). The molecule has 20 heavy (non-hydrogen) atoms. The Morgan fingerprint density at radius 2 is 2.15 bits per heavy atom. The minimum Gasteiger partial charge on any atom is -0.492 e. The predicted molar refractivity (Wildman–Crippen MR) is 63.8 cm³/mol. The minimum absolute atomic E-state index is 0.00261. The van der Waals surface area contributed by atoms with Gasteiger partial charge in [-0.2, -0.15) is 4.98 Å². The Bertz CT molecular complexity index is 603. The molecule has 7 heteroatoms. The second kappa shape index (κ2) is 5.16. The zero-order chi connectivity index (χ0) is 14.1. The number of benzene rings is 1. The fourth-order valence-corrected chi connectivity index (χ4v) is 2.14. The average molecular weight is 282 g/mol. The van der Waals surface area contributed by atoms with Crippen LogP contribution < -0.4 is 4.74 Å². The third kappa shape index (κ3) is 2.36. The topological polar surface area (TPSA) is 68.4 Å². The summed E-state index contributed by atoms with van der Waals surface area (Å²) in [5.41, 5.74) is 0.939. The number of rotatable bonds is 4. The van der Waals surface area contributed by atoms with Gasteiger partial charge in [0.25, 0.3) is 6.43 Å². The van der Waals surface area contributed by atoms with Crippen molar-refractivity contribution >= 4 is 0 Å². The summed E-state index contributed by atoms with van der Waals surface area (Å²) in [6.45, 7) is 0.385. The van der Waals surface area contributed by atoms with E-state index in [4.69, 9.17) is 14.4 Å². The Balaban J connectivity index is 1.78. The van der Waals surface area contributed by atoms with Gasteiger partial charge in [0.2, 0.25) is 5.89 Å². The van der Waals surface area contributed by atoms with Crippen LogP contribution in [-0.2, 0) is 6.42 Å². The van der Waals surface area contributed by atoms with E-state index in [-0.39, 0.29) is 18.2 Å². The van der Waals surface area contributed by atoms with Crippen LogP contribution >= 0.6 is 0 Å². The maximum absolute atomic E-state index is 12.3. The molecule has 5 nitrogen and oxygen atoms in total. The number of aliphatic hydroxyl groups is 1. The summed E-state index contributed by atoms with van der Waals surface area (Å²) in [7, 11) is 0. The van der Waals surface area contributed by atoms with Crippen LogP contribution in [0, 0.1) is 0 Å². The van der Waals surface area contributed by atoms with Crippen molar-refractivity contribution in [2.24, 2.45) is 0 Å². The molecule has 2 heterocycles. The van der Waals surface area contributed by atoms with Crippen LogP contribution in [0.3, 0.4) is 0 Å². The Morgan fingerprint density at radius 1 is 1.35 bits per heavy atom. The van der Waals surface area contributed by atoms with Gasteiger partial charge in [0.1, 0.15) is 18.5 Å². The molecule has 0 saturated heterocycles. The van der Waals surface area contributed by atoms with Gasteiger partial charge in [0.05, 0.1) is 12.3 Å². The highest BCUT2D eigenvalue weighted by Crippen LogP contribution is 2.36. The predicted octanol–water partition coefficient (Wildman–Crippen LogP) is 1.76. The summed E-state index contributed by atoms with van der Waals surface area (Å²) >= 11 is 0. The lowest BCUT2D eigenvalue weighted by atomic mass is 10.0. The van der Waals surface area contributed by atoms with E-state index in [1.165, 1.54) is 0 Å². The molecule has 1 aliphatic heterocycles. The van der Waals surface area contributed by atoms with Crippen LogP contribution in [0.5, 0.6) is 5.75 Å². The van der Waals surface area contributed by atoms with Crippen molar-refractivity contribution in [3.05, 3.63) is 41.5 Å². The molecule has 1 aromatic heterocycles. The molecule has 0 spiro atoms. The first-order chi connectivity index (χ1) is 9.65. The lowest BCUT2D eigenvalue weighted by molar-refractivity contribution is -0.00754. The molecular weight excluding hydrogens is 270 g/mol. The monoisotopic (exact) mass is 282 g/mol. The van der Waals surface area contributed by atoms with Gasteiger partial charge in [-0.1, -0.05) is 23.4 Å². The number of aliphatic hydroxyl groups excluding tert-OH is 1. The van der Waals surface area contributed by atoms with E-state index in [2.05, 4.69) is 10.1 Å². The molecule has 2 unspecified atom stereocenters. The number of ether oxygens (including phenoxy) is 1. The van der Waals surface area contributed by atoms with E-state index in [0.717, 1.165) is 11.3 Å². The molecular formula is C13H12F2N2O3. The first-order valence-corrected chi connectivity index (χ1v) is 6.15. The standard InChI is InChI=1S/C13H12F2N2O3/c14-12(15)9(18)5-11-16-13(17-20-11)8-6-19-10-4-2-1-3-7(8)10/h1-4,8-9,12,18H,5-6H2. The summed E-state index contributed by atoms with van der Waals surface area (Å²) < 4.78 is 34.9. The second-order valence-corrected chi connectivity index (χ2v) is 4.55. The summed E-state index contributed by atoms with van der Waals surface area (Å²) in [6.07, 6.45) is -4.99. The quantitative estimate of drug-likeness (QED) is 0.925. The zero-order valence-corrected chi connectivity index (χ0v) is 10.4. The van der Waals surface area contributed by atoms with Crippen LogP contribution in [0.4, 0.5) is 8.78 Å². The largest absolute Gasteiger partial charge is 0.492 e. The van der Waals surface area contributed by atoms with Gasteiger partial charge in [-0.15, -0.1) is 0 Å². The van der Waals surface area contributed by atoms with E-state index in [1.54, 1.807) is 0 Å². The smallest absolute Gasteiger partial charge is 0.264 e. The SMILES string of the molecule is OC(Cc1nc(C2COc3ccccc32)no1)C(F)F. The van der Waals surface area contributed by atoms with Crippen molar-refractivity contribution in [2.45, 2.75) is 24.9 Å². The van der Waals surface area contributed by atoms with Gasteiger partial charge in [0, 0.05) is 5.56 Å². The van der Waals surface area contributed by atoms with Gasteiger partial charge in [-0.25, -0.2) is 8.78 Å². The normalized spacial score (nSPS) is 18.9. The third-order valence-corrected chi connectivity index (χ3v) is 3.17. The van der Waals surface area contributed by atoms with Gasteiger partial charge in [0.15, 0.2) is 5.82 Å². The molecule has 1 aliphatic rings. The maximum Gasteiger partial charge on any atom is 0.264 e. The van der Waals surface area contributed by atoms with Crippen LogP contribution in [-0.4, -0.2) is 34.4 Å². The number of nitrogens with zero attached hydrogens (tertiary/aromatic N) is 2. The number of hydrogen-bond donors (Lipinski definition) is 1. The average Bonchev–Trinajstić information content (AvgIpc) is 3.04. The van der Waals surface area contributed by atoms with E-state index in [9.17, 15) is 8.78 Å². The van der Waals surface area contributed by atoms with Gasteiger partial charge < -0.3 is 14.4 Å². The van der Waals surface area contributed by atoms with E-state index >= 15 is 0 Å². The van der Waals surface area contributed by atoms with Crippen molar-refractivity contribution in [3.63, 3.8) is 0 Å². The van der Waals surface area contributed by atoms with E-state index in [1.807, 2.05) is 24.3 Å². The highest BCUT2D eigenvalue weighted by molar-refractivity contribution is 5.42. The van der Waals surface area contributed by atoms with Crippen molar-refractivity contribution < 1.29 is 23.1 Å². The summed E-state index contributed by atoms with van der Waals surface area (Å²) in [5, 5.41) is 12.9. The fourth-order valence-electron chi connectivity index (χ4n) is 2.14. The van der Waals surface area contributed by atoms with Crippen LogP contribution in [0.15, 0.2) is 28.8 Å². The Morgan fingerprint density at radius 3 is 2.95 bits per heavy atom. The molecule has 1 aromatic carbocycles. The number of alkyl halides is 2. The summed E-state index contributed by atoms with van der Waals surface area (Å²) in [4.78, 5) is 4.06. The molecule has 0 saturated carbocycles. The Labute approximate surface area is 113 Å². The number of aromatic nitrogens is 2. The minimum atomic E-state index is -2.83. The summed E-state index contributed by atoms with van der Waals surface area (Å²) in [5.74, 6) is 0.965. The van der Waals surface area contributed by atoms with Gasteiger partial charge in [-0.3, -0.25) is 0 Å². The van der Waals surface area contributed by atoms with Crippen molar-refractivity contribution in [1.29, 1.82) is 0 Å². The molecule has 2 atom stereocenters. The second-order valence-electron chi connectivity index (χ2n) is 4.55. The molecule has 0 aliphatic carbocycles. The van der Waals surface area contributed by atoms with Gasteiger partial charge in [-0.05, 0) is 6.07 Å². The Kier molecular flexibility index (Phi) is 3.35. The van der Waals surface area contributed by atoms with Crippen LogP contribution in [0.1, 0.15) is 23.2 Å². The maximum atomic E-state index is 12.3. The van der Waals surface area contributed by atoms with E-state index < -0.39 is 12.5 Å². The third-order valence-electron chi connectivity index (χ3n) is 3.17. The van der Waals surface area contributed by atoms with Crippen molar-refractivity contribution in [3.8, 4) is 5.75 Å². The first-order valence-electron chi connectivity index (χ1n) is 6.15. The van der Waals surface area contributed by atoms with Crippen molar-refractivity contribution in [2.75, 3.05) is 6.61 Å².